The van der Waals surface area contributed by atoms with E-state index in [0.717, 1.165) is 19.4 Å². The molecule has 1 aliphatic heterocycles. The maximum absolute atomic E-state index is 11.9. The summed E-state index contributed by atoms with van der Waals surface area (Å²) >= 11 is 0. The van der Waals surface area contributed by atoms with Crippen molar-refractivity contribution in [3.05, 3.63) is 0 Å². The summed E-state index contributed by atoms with van der Waals surface area (Å²) in [4.78, 5) is 24.9. The van der Waals surface area contributed by atoms with E-state index in [4.69, 9.17) is 0 Å². The van der Waals surface area contributed by atoms with Gasteiger partial charge < -0.3 is 15.5 Å². The third kappa shape index (κ3) is 4.34. The molecule has 0 saturated carbocycles. The lowest BCUT2D eigenvalue weighted by atomic mass is 10.2. The number of carbonyl (C=O) groups excluding carboxylic acids is 2. The SMILES string of the molecule is CC(C)C(=O)NCCN(C)C(=O)C1CCCN1. The number of nitrogens with one attached hydrogen (secondary N) is 2. The highest BCUT2D eigenvalue weighted by atomic mass is 16.2. The van der Waals surface area contributed by atoms with Crippen LogP contribution in [0.5, 0.6) is 0 Å². The van der Waals surface area contributed by atoms with E-state index in [1.54, 1.807) is 11.9 Å². The Morgan fingerprint density at radius 1 is 1.47 bits per heavy atom. The first kappa shape index (κ1) is 14.0. The smallest absolute Gasteiger partial charge is 0.239 e. The molecule has 1 fully saturated rings. The Hall–Kier alpha value is -1.10. The van der Waals surface area contributed by atoms with Crippen LogP contribution in [-0.2, 0) is 9.59 Å². The van der Waals surface area contributed by atoms with Gasteiger partial charge in [-0.2, -0.15) is 0 Å². The Morgan fingerprint density at radius 2 is 2.18 bits per heavy atom. The van der Waals surface area contributed by atoms with Gasteiger partial charge in [-0.05, 0) is 19.4 Å². The number of likely N-dealkylation sites (N-methyl/N-ethyl adjacent to an activating group) is 1. The number of amides is 2. The molecular weight excluding hydrogens is 218 g/mol. The minimum atomic E-state index is -0.0270. The monoisotopic (exact) mass is 241 g/mol. The zero-order chi connectivity index (χ0) is 12.8. The van der Waals surface area contributed by atoms with Gasteiger partial charge in [0.2, 0.25) is 11.8 Å². The van der Waals surface area contributed by atoms with Gasteiger partial charge in [0, 0.05) is 26.1 Å². The van der Waals surface area contributed by atoms with E-state index in [1.165, 1.54) is 0 Å². The van der Waals surface area contributed by atoms with Crippen molar-refractivity contribution in [2.45, 2.75) is 32.7 Å². The summed E-state index contributed by atoms with van der Waals surface area (Å²) < 4.78 is 0. The maximum atomic E-state index is 11.9. The molecule has 0 aromatic rings. The van der Waals surface area contributed by atoms with Crippen LogP contribution in [0.2, 0.25) is 0 Å². The number of nitrogens with zero attached hydrogens (tertiary/aromatic N) is 1. The summed E-state index contributed by atoms with van der Waals surface area (Å²) in [7, 11) is 1.78. The highest BCUT2D eigenvalue weighted by molar-refractivity contribution is 5.82. The molecule has 5 heteroatoms. The number of hydrogen-bond acceptors (Lipinski definition) is 3. The van der Waals surface area contributed by atoms with Crippen LogP contribution < -0.4 is 10.6 Å². The summed E-state index contributed by atoms with van der Waals surface area (Å²) in [5.41, 5.74) is 0. The van der Waals surface area contributed by atoms with E-state index in [2.05, 4.69) is 10.6 Å². The maximum Gasteiger partial charge on any atom is 0.239 e. The average molecular weight is 241 g/mol. The van der Waals surface area contributed by atoms with E-state index in [0.29, 0.717) is 13.1 Å². The van der Waals surface area contributed by atoms with Crippen LogP contribution in [0.4, 0.5) is 0 Å². The topological polar surface area (TPSA) is 61.4 Å². The molecule has 2 N–H and O–H groups in total. The third-order valence-electron chi connectivity index (χ3n) is 3.01. The van der Waals surface area contributed by atoms with Crippen LogP contribution in [0.15, 0.2) is 0 Å². The van der Waals surface area contributed by atoms with E-state index >= 15 is 0 Å². The van der Waals surface area contributed by atoms with Crippen molar-refractivity contribution in [3.63, 3.8) is 0 Å². The molecule has 1 unspecified atom stereocenters. The van der Waals surface area contributed by atoms with Gasteiger partial charge in [-0.1, -0.05) is 13.8 Å². The fraction of sp³-hybridized carbons (Fsp3) is 0.833. The second kappa shape index (κ2) is 6.59. The molecule has 0 aromatic carbocycles. The molecule has 1 heterocycles. The van der Waals surface area contributed by atoms with Crippen molar-refractivity contribution in [1.29, 1.82) is 0 Å². The Labute approximate surface area is 103 Å². The number of carbonyl (C=O) groups is 2. The van der Waals surface area contributed by atoms with Crippen molar-refractivity contribution in [2.75, 3.05) is 26.7 Å². The second-order valence-electron chi connectivity index (χ2n) is 4.85. The highest BCUT2D eigenvalue weighted by Gasteiger charge is 2.24. The van der Waals surface area contributed by atoms with Gasteiger partial charge >= 0.3 is 0 Å². The predicted molar refractivity (Wildman–Crippen MR) is 66.5 cm³/mol. The third-order valence-corrected chi connectivity index (χ3v) is 3.01. The molecule has 1 rings (SSSR count). The van der Waals surface area contributed by atoms with Crippen LogP contribution in [0, 0.1) is 5.92 Å². The van der Waals surface area contributed by atoms with Gasteiger partial charge in [0.1, 0.15) is 0 Å². The van der Waals surface area contributed by atoms with Crippen molar-refractivity contribution in [3.8, 4) is 0 Å². The Kier molecular flexibility index (Phi) is 5.41. The average Bonchev–Trinajstić information content (AvgIpc) is 2.80. The Balaban J connectivity index is 2.22. The van der Waals surface area contributed by atoms with Crippen LogP contribution in [0.25, 0.3) is 0 Å². The first-order valence-electron chi connectivity index (χ1n) is 6.28. The predicted octanol–water partition coefficient (Wildman–Crippen LogP) is -0.0310. The molecular formula is C12H23N3O2. The molecule has 1 saturated heterocycles. The van der Waals surface area contributed by atoms with Gasteiger partial charge in [-0.3, -0.25) is 9.59 Å². The van der Waals surface area contributed by atoms with Crippen molar-refractivity contribution in [1.82, 2.24) is 15.5 Å². The van der Waals surface area contributed by atoms with E-state index in [9.17, 15) is 9.59 Å². The zero-order valence-corrected chi connectivity index (χ0v) is 11.0. The summed E-state index contributed by atoms with van der Waals surface area (Å²) in [5, 5.41) is 5.98. The van der Waals surface area contributed by atoms with Gasteiger partial charge in [0.05, 0.1) is 6.04 Å². The van der Waals surface area contributed by atoms with E-state index < -0.39 is 0 Å². The molecule has 17 heavy (non-hydrogen) atoms. The van der Waals surface area contributed by atoms with Gasteiger partial charge in [-0.15, -0.1) is 0 Å². The lowest BCUT2D eigenvalue weighted by Gasteiger charge is -2.21. The highest BCUT2D eigenvalue weighted by Crippen LogP contribution is 2.07. The quantitative estimate of drug-likeness (QED) is 0.710. The summed E-state index contributed by atoms with van der Waals surface area (Å²) in [5.74, 6) is 0.152. The minimum absolute atomic E-state index is 0.00694. The van der Waals surface area contributed by atoms with Crippen LogP contribution in [-0.4, -0.2) is 49.4 Å². The molecule has 5 nitrogen and oxygen atoms in total. The zero-order valence-electron chi connectivity index (χ0n) is 11.0. The van der Waals surface area contributed by atoms with Gasteiger partial charge in [0.25, 0.3) is 0 Å². The van der Waals surface area contributed by atoms with Crippen LogP contribution in [0.3, 0.4) is 0 Å². The minimum Gasteiger partial charge on any atom is -0.354 e. The standard InChI is InChI=1S/C12H23N3O2/c1-9(2)11(16)14-7-8-15(3)12(17)10-5-4-6-13-10/h9-10,13H,4-8H2,1-3H3,(H,14,16). The van der Waals surface area contributed by atoms with Crippen molar-refractivity contribution in [2.24, 2.45) is 5.92 Å². The van der Waals surface area contributed by atoms with Gasteiger partial charge in [0.15, 0.2) is 0 Å². The lowest BCUT2D eigenvalue weighted by Crippen LogP contribution is -2.44. The van der Waals surface area contributed by atoms with Gasteiger partial charge in [-0.25, -0.2) is 0 Å². The molecule has 1 atom stereocenters. The summed E-state index contributed by atoms with van der Waals surface area (Å²) in [6, 6.07) is -0.0270. The second-order valence-corrected chi connectivity index (χ2v) is 4.85. The number of hydrogen-bond donors (Lipinski definition) is 2. The molecule has 1 aliphatic rings. The molecule has 2 amide bonds. The van der Waals surface area contributed by atoms with Crippen LogP contribution >= 0.6 is 0 Å². The Bertz CT molecular complexity index is 273. The van der Waals surface area contributed by atoms with Crippen molar-refractivity contribution < 1.29 is 9.59 Å². The van der Waals surface area contributed by atoms with Crippen LogP contribution in [0.1, 0.15) is 26.7 Å². The molecule has 0 spiro atoms. The number of rotatable bonds is 5. The fourth-order valence-electron chi connectivity index (χ4n) is 1.82. The van der Waals surface area contributed by atoms with E-state index in [-0.39, 0.29) is 23.8 Å². The largest absolute Gasteiger partial charge is 0.354 e. The molecule has 0 aromatic heterocycles. The van der Waals surface area contributed by atoms with E-state index in [1.807, 2.05) is 13.8 Å². The van der Waals surface area contributed by atoms with Crippen molar-refractivity contribution >= 4 is 11.8 Å². The summed E-state index contributed by atoms with van der Waals surface area (Å²) in [6.45, 7) is 5.72. The first-order valence-corrected chi connectivity index (χ1v) is 6.28. The molecule has 0 aliphatic carbocycles. The molecule has 0 radical (unpaired) electrons. The fourth-order valence-corrected chi connectivity index (χ4v) is 1.82. The lowest BCUT2D eigenvalue weighted by molar-refractivity contribution is -0.132. The first-order chi connectivity index (χ1) is 8.02. The normalized spacial score (nSPS) is 19.4. The Morgan fingerprint density at radius 3 is 2.71 bits per heavy atom. The molecule has 98 valence electrons. The molecule has 0 bridgehead atoms. The summed E-state index contributed by atoms with van der Waals surface area (Å²) in [6.07, 6.45) is 1.98.